The number of rotatable bonds is 5. The fourth-order valence-electron chi connectivity index (χ4n) is 3.02. The number of benzene rings is 1. The molecule has 0 saturated heterocycles. The van der Waals surface area contributed by atoms with Gasteiger partial charge in [0.1, 0.15) is 0 Å². The summed E-state index contributed by atoms with van der Waals surface area (Å²) in [7, 11) is 1.75. The van der Waals surface area contributed by atoms with Crippen LogP contribution in [0.1, 0.15) is 19.5 Å². The van der Waals surface area contributed by atoms with E-state index in [-0.39, 0.29) is 22.5 Å². The Balaban J connectivity index is 2.15. The molecule has 0 N–H and O–H groups in total. The summed E-state index contributed by atoms with van der Waals surface area (Å²) in [6, 6.07) is 6.97. The highest BCUT2D eigenvalue weighted by atomic mass is 35.5. The first-order chi connectivity index (χ1) is 13.8. The van der Waals surface area contributed by atoms with Gasteiger partial charge < -0.3 is 4.57 Å². The van der Waals surface area contributed by atoms with E-state index in [1.54, 1.807) is 53.7 Å². The molecule has 3 rings (SSSR count). The minimum Gasteiger partial charge on any atom is -0.323 e. The van der Waals surface area contributed by atoms with Gasteiger partial charge in [-0.05, 0) is 51.2 Å². The van der Waals surface area contributed by atoms with E-state index in [0.717, 1.165) is 0 Å². The molecule has 29 heavy (non-hydrogen) atoms. The molecule has 0 radical (unpaired) electrons. The van der Waals surface area contributed by atoms with Gasteiger partial charge in [-0.25, -0.2) is 4.68 Å². The van der Waals surface area contributed by atoms with E-state index in [0.29, 0.717) is 34.3 Å². The summed E-state index contributed by atoms with van der Waals surface area (Å²) in [6.07, 6.45) is 1.56. The van der Waals surface area contributed by atoms with Crippen molar-refractivity contribution in [3.05, 3.63) is 66.7 Å². The number of azo groups is 1. The second-order valence-corrected chi connectivity index (χ2v) is 7.19. The van der Waals surface area contributed by atoms with Gasteiger partial charge in [0, 0.05) is 31.4 Å². The van der Waals surface area contributed by atoms with E-state index in [1.807, 2.05) is 13.8 Å². The van der Waals surface area contributed by atoms with E-state index in [2.05, 4.69) is 10.2 Å². The molecule has 10 heteroatoms. The van der Waals surface area contributed by atoms with Crippen molar-refractivity contribution < 1.29 is 0 Å². The summed E-state index contributed by atoms with van der Waals surface area (Å²) in [5.41, 5.74) is 0.810. The Bertz CT molecular complexity index is 1280. The van der Waals surface area contributed by atoms with E-state index in [1.165, 1.54) is 9.25 Å². The predicted octanol–water partition coefficient (Wildman–Crippen LogP) is 4.29. The first kappa shape index (κ1) is 20.9. The van der Waals surface area contributed by atoms with Crippen molar-refractivity contribution in [2.45, 2.75) is 33.9 Å². The van der Waals surface area contributed by atoms with Gasteiger partial charge in [0.15, 0.2) is 16.1 Å². The maximum Gasteiger partial charge on any atom is 0.299 e. The zero-order valence-corrected chi connectivity index (χ0v) is 18.2. The average molecular weight is 433 g/mol. The Morgan fingerprint density at radius 1 is 1.10 bits per heavy atom. The van der Waals surface area contributed by atoms with Crippen LogP contribution in [0, 0.1) is 11.7 Å². The lowest BCUT2D eigenvalue weighted by atomic mass is 10.3. The number of nitrogens with zero attached hydrogens (tertiary/aromatic N) is 6. The Morgan fingerprint density at radius 2 is 1.83 bits per heavy atom. The topological polar surface area (TPSA) is 78.6 Å². The van der Waals surface area contributed by atoms with Crippen molar-refractivity contribution in [2.75, 3.05) is 0 Å². The molecule has 2 aromatic heterocycles. The van der Waals surface area contributed by atoms with Gasteiger partial charge in [-0.15, -0.1) is 10.2 Å². The van der Waals surface area contributed by atoms with E-state index < -0.39 is 0 Å². The highest BCUT2D eigenvalue weighted by Gasteiger charge is 2.16. The average Bonchev–Trinajstić information content (AvgIpc) is 2.90. The van der Waals surface area contributed by atoms with Crippen LogP contribution in [0.25, 0.3) is 5.69 Å². The van der Waals surface area contributed by atoms with Crippen LogP contribution in [0.2, 0.25) is 5.02 Å². The molecule has 0 unspecified atom stereocenters. The van der Waals surface area contributed by atoms with Crippen molar-refractivity contribution in [1.82, 2.24) is 18.5 Å². The molecule has 0 bridgehead atoms. The van der Waals surface area contributed by atoms with Gasteiger partial charge in [-0.2, -0.15) is 0 Å². The summed E-state index contributed by atoms with van der Waals surface area (Å²) >= 11 is 11.4. The molecule has 0 aliphatic rings. The number of halogens is 1. The fourth-order valence-corrected chi connectivity index (χ4v) is 3.60. The molecule has 0 fully saturated rings. The number of hydrogen-bond donors (Lipinski definition) is 0. The van der Waals surface area contributed by atoms with Crippen LogP contribution in [-0.4, -0.2) is 18.5 Å². The molecule has 0 saturated carbocycles. The summed E-state index contributed by atoms with van der Waals surface area (Å²) < 4.78 is 6.76. The first-order valence-electron chi connectivity index (χ1n) is 9.10. The Kier molecular flexibility index (Phi) is 5.99. The van der Waals surface area contributed by atoms with E-state index in [4.69, 9.17) is 23.8 Å². The van der Waals surface area contributed by atoms with Crippen molar-refractivity contribution in [2.24, 2.45) is 17.3 Å². The van der Waals surface area contributed by atoms with Gasteiger partial charge >= 0.3 is 0 Å². The summed E-state index contributed by atoms with van der Waals surface area (Å²) in [5.74, 6) is 0. The number of hydrogen-bond acceptors (Lipinski definition) is 5. The zero-order chi connectivity index (χ0) is 21.3. The Hall–Kier alpha value is -2.78. The lowest BCUT2D eigenvalue weighted by molar-refractivity contribution is 0.612. The smallest absolute Gasteiger partial charge is 0.299 e. The second-order valence-electron chi connectivity index (χ2n) is 6.39. The van der Waals surface area contributed by atoms with Crippen LogP contribution in [0.5, 0.6) is 0 Å². The second kappa shape index (κ2) is 8.30. The quantitative estimate of drug-likeness (QED) is 0.445. The molecular weight excluding hydrogens is 412 g/mol. The maximum absolute atomic E-state index is 13.0. The SMILES string of the molecule is CCn1cc(N=Nc2c(C)n(C)n(-c3cccc(Cl)c3)c2=O)c(=O)n(CC)c1=S. The van der Waals surface area contributed by atoms with Gasteiger partial charge in [0.05, 0.1) is 11.4 Å². The largest absolute Gasteiger partial charge is 0.323 e. The van der Waals surface area contributed by atoms with E-state index in [9.17, 15) is 9.59 Å². The number of aromatic nitrogens is 4. The van der Waals surface area contributed by atoms with E-state index >= 15 is 0 Å². The van der Waals surface area contributed by atoms with Crippen LogP contribution < -0.4 is 11.1 Å². The highest BCUT2D eigenvalue weighted by Crippen LogP contribution is 2.20. The van der Waals surface area contributed by atoms with Crippen LogP contribution in [-0.2, 0) is 20.1 Å². The molecule has 0 atom stereocenters. The minimum atomic E-state index is -0.352. The summed E-state index contributed by atoms with van der Waals surface area (Å²) in [5, 5.41) is 8.74. The molecule has 3 aromatic rings. The lowest BCUT2D eigenvalue weighted by Crippen LogP contribution is -2.23. The van der Waals surface area contributed by atoms with Crippen LogP contribution in [0.15, 0.2) is 50.3 Å². The third-order valence-corrected chi connectivity index (χ3v) is 5.40. The standard InChI is InChI=1S/C19H21ClN6O2S/c1-5-24-11-15(17(27)25(6-2)19(24)29)21-22-16-12(3)23(4)26(18(16)28)14-9-7-8-13(20)10-14/h7-11H,5-6H2,1-4H3. The molecule has 8 nitrogen and oxygen atoms in total. The van der Waals surface area contributed by atoms with Gasteiger partial charge in [0.25, 0.3) is 11.1 Å². The Morgan fingerprint density at radius 3 is 2.45 bits per heavy atom. The van der Waals surface area contributed by atoms with Crippen molar-refractivity contribution in [1.29, 1.82) is 0 Å². The third kappa shape index (κ3) is 3.75. The molecule has 0 amide bonds. The molecule has 0 spiro atoms. The monoisotopic (exact) mass is 432 g/mol. The molecule has 0 aliphatic heterocycles. The molecule has 1 aromatic carbocycles. The van der Waals surface area contributed by atoms with Crippen LogP contribution in [0.4, 0.5) is 11.4 Å². The van der Waals surface area contributed by atoms with Crippen molar-refractivity contribution in [3.63, 3.8) is 0 Å². The van der Waals surface area contributed by atoms with Crippen molar-refractivity contribution in [3.8, 4) is 5.69 Å². The lowest BCUT2D eigenvalue weighted by Gasteiger charge is -2.09. The molecule has 152 valence electrons. The molecule has 0 aliphatic carbocycles. The zero-order valence-electron chi connectivity index (χ0n) is 16.6. The fraction of sp³-hybridized carbons (Fsp3) is 0.316. The first-order valence-corrected chi connectivity index (χ1v) is 9.89. The highest BCUT2D eigenvalue weighted by molar-refractivity contribution is 7.71. The summed E-state index contributed by atoms with van der Waals surface area (Å²) in [4.78, 5) is 25.6. The Labute approximate surface area is 177 Å². The summed E-state index contributed by atoms with van der Waals surface area (Å²) in [6.45, 7) is 6.54. The van der Waals surface area contributed by atoms with Crippen LogP contribution in [0.3, 0.4) is 0 Å². The normalized spacial score (nSPS) is 11.5. The maximum atomic E-state index is 13.0. The van der Waals surface area contributed by atoms with Gasteiger partial charge in [-0.3, -0.25) is 18.8 Å². The van der Waals surface area contributed by atoms with Gasteiger partial charge in [-0.1, -0.05) is 17.7 Å². The van der Waals surface area contributed by atoms with Crippen molar-refractivity contribution >= 4 is 35.2 Å². The predicted molar refractivity (Wildman–Crippen MR) is 116 cm³/mol. The van der Waals surface area contributed by atoms with Crippen LogP contribution >= 0.6 is 23.8 Å². The van der Waals surface area contributed by atoms with Gasteiger partial charge in [0.2, 0.25) is 0 Å². The minimum absolute atomic E-state index is 0.124. The molecule has 2 heterocycles. The third-order valence-electron chi connectivity index (χ3n) is 4.71. The number of aryl methyl sites for hydroxylation is 1. The molecular formula is C19H21ClN6O2S.